The molecular formula is C57H60N14O13S. The first kappa shape index (κ1) is 54.2. The lowest BCUT2D eigenvalue weighted by Crippen LogP contribution is -2.72. The molecule has 4 aromatic carbocycles. The van der Waals surface area contributed by atoms with Gasteiger partial charge in [-0.3, -0.25) is 52.7 Å². The second kappa shape index (κ2) is 18.6. The molecule has 27 nitrogen and oxygen atoms in total. The van der Waals surface area contributed by atoms with E-state index < -0.39 is 159 Å². The summed E-state index contributed by atoms with van der Waals surface area (Å²) >= 11 is 0. The molecule has 10 heterocycles. The normalized spacial score (nSPS) is 33.8. The Morgan fingerprint density at radius 3 is 1.60 bits per heavy atom. The Hall–Kier alpha value is -8.76. The minimum Gasteiger partial charge on any atom is -0.377 e. The van der Waals surface area contributed by atoms with Gasteiger partial charge in [-0.25, -0.2) is 13.1 Å². The van der Waals surface area contributed by atoms with Gasteiger partial charge in [0, 0.05) is 88.7 Å². The minimum absolute atomic E-state index is 0.0716. The van der Waals surface area contributed by atoms with E-state index in [1.165, 1.54) is 25.7 Å². The lowest BCUT2D eigenvalue weighted by Gasteiger charge is -2.42. The number of hydrogen-bond donors (Lipinski definition) is 9. The van der Waals surface area contributed by atoms with Crippen LogP contribution >= 0.6 is 0 Å². The molecule has 10 saturated heterocycles. The number of rotatable bonds is 9. The van der Waals surface area contributed by atoms with E-state index in [-0.39, 0.29) is 69.6 Å². The van der Waals surface area contributed by atoms with Crippen molar-refractivity contribution >= 4 is 102 Å². The highest BCUT2D eigenvalue weighted by Gasteiger charge is 2.72. The quantitative estimate of drug-likeness (QED) is 0.0712. The lowest BCUT2D eigenvalue weighted by atomic mass is 9.87. The van der Waals surface area contributed by atoms with Crippen molar-refractivity contribution in [3.63, 3.8) is 0 Å². The molecule has 0 aliphatic carbocycles. The van der Waals surface area contributed by atoms with Gasteiger partial charge >= 0.3 is 0 Å². The van der Waals surface area contributed by atoms with Gasteiger partial charge in [0.05, 0.1) is 37.1 Å². The van der Waals surface area contributed by atoms with Gasteiger partial charge in [0.1, 0.15) is 57.9 Å². The van der Waals surface area contributed by atoms with Crippen LogP contribution in [0.15, 0.2) is 83.8 Å². The number of nitrogens with zero attached hydrogens (tertiary/aromatic N) is 5. The van der Waals surface area contributed by atoms with Gasteiger partial charge in [-0.1, -0.05) is 66.7 Å². The third kappa shape index (κ3) is 8.03. The third-order valence-corrected chi connectivity index (χ3v) is 20.9. The van der Waals surface area contributed by atoms with Crippen LogP contribution < -0.4 is 52.2 Å². The van der Waals surface area contributed by atoms with E-state index in [2.05, 4.69) is 47.3 Å². The summed E-state index contributed by atoms with van der Waals surface area (Å²) in [6.45, 7) is -2.13. The average Bonchev–Trinajstić information content (AvgIpc) is 1.58. The van der Waals surface area contributed by atoms with E-state index in [1.54, 1.807) is 18.2 Å². The van der Waals surface area contributed by atoms with Gasteiger partial charge in [0.25, 0.3) is 23.6 Å². The second-order valence-corrected chi connectivity index (χ2v) is 26.4. The maximum atomic E-state index is 14.9. The summed E-state index contributed by atoms with van der Waals surface area (Å²) in [4.78, 5) is 164. The van der Waals surface area contributed by atoms with Crippen LogP contribution in [-0.2, 0) is 69.2 Å². The Bertz CT molecular complexity index is 3880. The van der Waals surface area contributed by atoms with Crippen LogP contribution in [0.4, 0.5) is 5.69 Å². The van der Waals surface area contributed by atoms with E-state index >= 15 is 0 Å². The minimum atomic E-state index is -4.02. The number of fused-ring (bicyclic) bond motifs is 6. The van der Waals surface area contributed by atoms with Crippen molar-refractivity contribution < 1.29 is 61.2 Å². The fourth-order valence-corrected chi connectivity index (χ4v) is 16.5. The molecule has 10 aliphatic heterocycles. The zero-order chi connectivity index (χ0) is 59.5. The monoisotopic (exact) mass is 1180 g/mol. The highest BCUT2D eigenvalue weighted by atomic mass is 32.2. The number of nitrogens with one attached hydrogen (secondary N) is 9. The number of anilines is 1. The van der Waals surface area contributed by atoms with E-state index in [0.29, 0.717) is 5.39 Å². The van der Waals surface area contributed by atoms with Crippen molar-refractivity contribution in [2.24, 2.45) is 0 Å². The molecule has 9 N–H and O–H groups in total. The molecule has 14 rings (SSSR count). The molecule has 4 aromatic rings. The zero-order valence-electron chi connectivity index (χ0n) is 46.1. The standard InChI is InChI=1S/C57H60N14O13S/c1-67(2)36-14-6-13-33-32(36)12-7-15-41(33)85(83,84)60-17-16-58-42(72)35-19-53(24-59-35)49(79)69-26-55(21-38(69)44(74)63-53)51(81)71-28-57(23-40(71)46(76)65-55)52(82)70-27-56(22-39(70)47(77)66-57)50(80)68-25-54(20-37(68)45(75)64-56)48(78)61-34(43(73)62-54)18-30-10-5-9-29-8-3-4-11-31(29)30/h3-15,34-35,37-40,59-60H,16-28H2,1-2H3,(H,58,72)(H,61,78)(H,62,73)(H,63,74)(H,64,75)(H,65,76)(H,66,77)/t34-,35-,37-,38+,39+,40-,53-,54-,55+,56+,57-/m0/s1. The topological polar surface area (TPSA) is 346 Å². The summed E-state index contributed by atoms with van der Waals surface area (Å²) in [6.07, 6.45) is -1.22. The molecule has 5 spiro atoms. The molecular weight excluding hydrogens is 1120 g/mol. The largest absolute Gasteiger partial charge is 0.377 e. The lowest BCUT2D eigenvalue weighted by molar-refractivity contribution is -0.155. The van der Waals surface area contributed by atoms with Crippen LogP contribution in [0.3, 0.4) is 0 Å². The average molecular weight is 1180 g/mol. The van der Waals surface area contributed by atoms with E-state index in [9.17, 15) is 61.2 Å². The smallest absolute Gasteiger partial charge is 0.251 e. The van der Waals surface area contributed by atoms with Crippen LogP contribution in [0.1, 0.15) is 37.7 Å². The molecule has 0 aromatic heterocycles. The van der Waals surface area contributed by atoms with Gasteiger partial charge < -0.3 is 67.0 Å². The summed E-state index contributed by atoms with van der Waals surface area (Å²) in [7, 11) is -0.300. The summed E-state index contributed by atoms with van der Waals surface area (Å²) in [5, 5.41) is 25.7. The fourth-order valence-electron chi connectivity index (χ4n) is 15.3. The molecule has 0 bridgehead atoms. The highest BCUT2D eigenvalue weighted by Crippen LogP contribution is 2.46. The van der Waals surface area contributed by atoms with Crippen LogP contribution in [-0.4, -0.2) is 217 Å². The molecule has 28 heteroatoms. The van der Waals surface area contributed by atoms with Crippen molar-refractivity contribution in [2.75, 3.05) is 64.8 Å². The number of hydrogen-bond acceptors (Lipinski definition) is 15. The Morgan fingerprint density at radius 2 is 1.01 bits per heavy atom. The fraction of sp³-hybridized carbons (Fsp3) is 0.456. The Labute approximate surface area is 485 Å². The highest BCUT2D eigenvalue weighted by molar-refractivity contribution is 7.89. The first-order valence-corrected chi connectivity index (χ1v) is 29.8. The molecule has 85 heavy (non-hydrogen) atoms. The second-order valence-electron chi connectivity index (χ2n) is 24.7. The van der Waals surface area contributed by atoms with Gasteiger partial charge in [-0.2, -0.15) is 0 Å². The third-order valence-electron chi connectivity index (χ3n) is 19.4. The molecule has 11 amide bonds. The summed E-state index contributed by atoms with van der Waals surface area (Å²) < 4.78 is 29.5. The molecule has 0 saturated carbocycles. The van der Waals surface area contributed by atoms with Gasteiger partial charge in [0.2, 0.25) is 51.4 Å². The van der Waals surface area contributed by atoms with E-state index in [0.717, 1.165) is 27.4 Å². The van der Waals surface area contributed by atoms with Crippen molar-refractivity contribution in [1.29, 1.82) is 0 Å². The molecule has 10 fully saturated rings. The molecule has 0 unspecified atom stereocenters. The SMILES string of the molecule is CN(C)c1cccc2c(S(=O)(=O)NCCNC(=O)[C@@H]3C[C@@]4(CN3)NC(=O)[C@H]3C[C@]5(CN3C4=O)NC(=O)[C@@H]3C[C@@]4(CN3C5=O)NC(=O)[C@H]3C[C@]5(CN3C4=O)NC(=O)[C@@H]3C[C@@]4(CN3C5=O)NC(=O)[C@H](Cc3cccc5ccccc35)NC4=O)cccc12. The van der Waals surface area contributed by atoms with Crippen molar-refractivity contribution in [2.45, 2.75) is 107 Å². The number of amides is 11. The molecule has 11 atom stereocenters. The van der Waals surface area contributed by atoms with E-state index in [1.807, 2.05) is 73.6 Å². The number of sulfonamides is 1. The summed E-state index contributed by atoms with van der Waals surface area (Å²) in [5.74, 6) is -6.92. The van der Waals surface area contributed by atoms with Crippen molar-refractivity contribution in [3.8, 4) is 0 Å². The summed E-state index contributed by atoms with van der Waals surface area (Å²) in [5.41, 5.74) is -7.08. The Morgan fingerprint density at radius 1 is 0.541 bits per heavy atom. The van der Waals surface area contributed by atoms with Crippen LogP contribution in [0.5, 0.6) is 0 Å². The molecule has 442 valence electrons. The molecule has 10 aliphatic rings. The maximum Gasteiger partial charge on any atom is 0.251 e. The zero-order valence-corrected chi connectivity index (χ0v) is 46.9. The number of benzene rings is 4. The predicted molar refractivity (Wildman–Crippen MR) is 297 cm³/mol. The predicted octanol–water partition coefficient (Wildman–Crippen LogP) is -4.71. The van der Waals surface area contributed by atoms with Gasteiger partial charge in [-0.15, -0.1) is 0 Å². The Kier molecular flexibility index (Phi) is 11.9. The summed E-state index contributed by atoms with van der Waals surface area (Å²) in [6, 6.07) is 16.9. The number of carbonyl (C=O) groups excluding carboxylic acids is 11. The maximum absolute atomic E-state index is 14.9. The van der Waals surface area contributed by atoms with Gasteiger partial charge in [-0.05, 0) is 28.5 Å². The number of piperazine rings is 5. The number of carbonyl (C=O) groups is 11. The first-order chi connectivity index (χ1) is 40.5. The van der Waals surface area contributed by atoms with Crippen molar-refractivity contribution in [3.05, 3.63) is 84.4 Å². The van der Waals surface area contributed by atoms with Gasteiger partial charge in [0.15, 0.2) is 0 Å². The van der Waals surface area contributed by atoms with Crippen LogP contribution in [0.2, 0.25) is 0 Å². The van der Waals surface area contributed by atoms with Crippen molar-refractivity contribution in [1.82, 2.24) is 66.9 Å². The molecule has 0 radical (unpaired) electrons. The van der Waals surface area contributed by atoms with Crippen LogP contribution in [0, 0.1) is 0 Å². The Balaban J connectivity index is 0.614. The van der Waals surface area contributed by atoms with E-state index in [4.69, 9.17) is 0 Å². The van der Waals surface area contributed by atoms with Crippen LogP contribution in [0.25, 0.3) is 21.5 Å². The first-order valence-electron chi connectivity index (χ1n) is 28.3.